The predicted octanol–water partition coefficient (Wildman–Crippen LogP) is 3.54. The maximum Gasteiger partial charge on any atom is 0.426 e. The molecule has 0 spiro atoms. The lowest BCUT2D eigenvalue weighted by Gasteiger charge is -2.30. The molecule has 2 heterocycles. The molecule has 0 saturated heterocycles. The second-order valence-electron chi connectivity index (χ2n) is 6.03. The molecule has 5 nitrogen and oxygen atoms in total. The summed E-state index contributed by atoms with van der Waals surface area (Å²) < 4.78 is 51.9. The highest BCUT2D eigenvalue weighted by molar-refractivity contribution is 5.83. The van der Waals surface area contributed by atoms with Gasteiger partial charge in [0.2, 0.25) is 5.60 Å². The number of aryl methyl sites for hydroxylation is 2. The molecule has 1 unspecified atom stereocenters. The third kappa shape index (κ3) is 2.57. The highest BCUT2D eigenvalue weighted by atomic mass is 19.4. The van der Waals surface area contributed by atoms with E-state index in [2.05, 4.69) is 4.98 Å². The second-order valence-corrected chi connectivity index (χ2v) is 6.03. The van der Waals surface area contributed by atoms with Gasteiger partial charge in [-0.3, -0.25) is 0 Å². The number of alkyl halides is 3. The van der Waals surface area contributed by atoms with E-state index >= 15 is 0 Å². The van der Waals surface area contributed by atoms with Crippen LogP contribution in [0, 0.1) is 13.8 Å². The Balaban J connectivity index is 2.38. The Morgan fingerprint density at radius 3 is 2.38 bits per heavy atom. The van der Waals surface area contributed by atoms with E-state index in [0.717, 1.165) is 12.1 Å². The summed E-state index contributed by atoms with van der Waals surface area (Å²) in [5.74, 6) is 0.204. The molecule has 0 aliphatic heterocycles. The van der Waals surface area contributed by atoms with Crippen LogP contribution >= 0.6 is 0 Å². The molecule has 1 atom stereocenters. The molecule has 2 aromatic heterocycles. The first-order chi connectivity index (χ1) is 12.1. The van der Waals surface area contributed by atoms with Gasteiger partial charge in [-0.1, -0.05) is 12.1 Å². The van der Waals surface area contributed by atoms with Crippen LogP contribution in [-0.2, 0) is 5.60 Å². The fourth-order valence-corrected chi connectivity index (χ4v) is 3.08. The SMILES string of the molecule is COc1cccc2cc(C(O)(c3cc(C)[nH]c3C)C(F)(F)F)c(=O)oc12. The molecule has 0 bridgehead atoms. The van der Waals surface area contributed by atoms with Crippen LogP contribution in [0.1, 0.15) is 22.5 Å². The third-order valence-electron chi connectivity index (χ3n) is 4.28. The summed E-state index contributed by atoms with van der Waals surface area (Å²) in [4.78, 5) is 15.1. The lowest BCUT2D eigenvalue weighted by molar-refractivity contribution is -0.249. The van der Waals surface area contributed by atoms with E-state index in [4.69, 9.17) is 9.15 Å². The number of aromatic nitrogens is 1. The maximum absolute atomic E-state index is 13.9. The first kappa shape index (κ1) is 18.1. The van der Waals surface area contributed by atoms with E-state index in [1.165, 1.54) is 26.2 Å². The fraction of sp³-hybridized carbons (Fsp3) is 0.278. The summed E-state index contributed by atoms with van der Waals surface area (Å²) in [6, 6.07) is 6.68. The predicted molar refractivity (Wildman–Crippen MR) is 88.4 cm³/mol. The molecule has 0 aliphatic carbocycles. The summed E-state index contributed by atoms with van der Waals surface area (Å²) >= 11 is 0. The summed E-state index contributed by atoms with van der Waals surface area (Å²) in [5.41, 5.74) is -5.63. The lowest BCUT2D eigenvalue weighted by atomic mass is 9.86. The molecule has 0 fully saturated rings. The van der Waals surface area contributed by atoms with Crippen molar-refractivity contribution in [3.63, 3.8) is 0 Å². The minimum absolute atomic E-state index is 0.00949. The zero-order chi connectivity index (χ0) is 19.3. The number of fused-ring (bicyclic) bond motifs is 1. The monoisotopic (exact) mass is 367 g/mol. The van der Waals surface area contributed by atoms with Crippen molar-refractivity contribution in [1.29, 1.82) is 0 Å². The molecule has 0 radical (unpaired) electrons. The number of H-pyrrole nitrogens is 1. The van der Waals surface area contributed by atoms with E-state index in [0.29, 0.717) is 5.69 Å². The lowest BCUT2D eigenvalue weighted by Crippen LogP contribution is -2.46. The van der Waals surface area contributed by atoms with Gasteiger partial charge in [-0.25, -0.2) is 4.79 Å². The number of hydrogen-bond acceptors (Lipinski definition) is 4. The van der Waals surface area contributed by atoms with Crippen LogP contribution < -0.4 is 10.4 Å². The molecule has 3 rings (SSSR count). The van der Waals surface area contributed by atoms with Crippen LogP contribution in [-0.4, -0.2) is 23.4 Å². The number of aromatic amines is 1. The number of nitrogens with one attached hydrogen (secondary N) is 1. The number of methoxy groups -OCH3 is 1. The van der Waals surface area contributed by atoms with Crippen LogP contribution in [0.5, 0.6) is 5.75 Å². The normalized spacial score (nSPS) is 14.4. The second kappa shape index (κ2) is 5.91. The summed E-state index contributed by atoms with van der Waals surface area (Å²) in [6.07, 6.45) is -5.15. The summed E-state index contributed by atoms with van der Waals surface area (Å²) in [7, 11) is 1.35. The van der Waals surface area contributed by atoms with Crippen LogP contribution in [0.3, 0.4) is 0 Å². The maximum atomic E-state index is 13.9. The molecule has 138 valence electrons. The first-order valence-corrected chi connectivity index (χ1v) is 7.66. The standard InChI is InChI=1S/C18H16F3NO4/c1-9-7-12(10(2)22-9)17(24,18(19,20)21)13-8-11-5-4-6-14(25-3)15(11)26-16(13)23/h4-8,22,24H,1-3H3. The van der Waals surface area contributed by atoms with Gasteiger partial charge in [0.05, 0.1) is 12.7 Å². The Labute approximate surface area is 146 Å². The van der Waals surface area contributed by atoms with Gasteiger partial charge in [0.25, 0.3) is 0 Å². The van der Waals surface area contributed by atoms with E-state index in [1.54, 1.807) is 13.0 Å². The number of para-hydroxylation sites is 1. The van der Waals surface area contributed by atoms with Gasteiger partial charge < -0.3 is 19.2 Å². The first-order valence-electron chi connectivity index (χ1n) is 7.66. The van der Waals surface area contributed by atoms with Crippen molar-refractivity contribution in [3.05, 3.63) is 63.3 Å². The summed E-state index contributed by atoms with van der Waals surface area (Å²) in [6.45, 7) is 2.95. The minimum Gasteiger partial charge on any atom is -0.493 e. The van der Waals surface area contributed by atoms with E-state index in [9.17, 15) is 23.1 Å². The van der Waals surface area contributed by atoms with Crippen molar-refractivity contribution in [3.8, 4) is 5.75 Å². The molecule has 0 aliphatic rings. The van der Waals surface area contributed by atoms with Crippen LogP contribution in [0.2, 0.25) is 0 Å². The molecule has 0 saturated carbocycles. The van der Waals surface area contributed by atoms with Crippen LogP contribution in [0.4, 0.5) is 13.2 Å². The molecular formula is C18H16F3NO4. The largest absolute Gasteiger partial charge is 0.493 e. The zero-order valence-corrected chi connectivity index (χ0v) is 14.2. The molecule has 0 amide bonds. The molecule has 2 N–H and O–H groups in total. The van der Waals surface area contributed by atoms with Gasteiger partial charge >= 0.3 is 11.8 Å². The molecule has 3 aromatic rings. The van der Waals surface area contributed by atoms with Gasteiger partial charge in [-0.2, -0.15) is 13.2 Å². The zero-order valence-electron chi connectivity index (χ0n) is 14.2. The Hall–Kier alpha value is -2.74. The Bertz CT molecular complexity index is 1040. The Morgan fingerprint density at radius 2 is 1.85 bits per heavy atom. The summed E-state index contributed by atoms with van der Waals surface area (Å²) in [5, 5.41) is 10.9. The third-order valence-corrected chi connectivity index (χ3v) is 4.28. The molecule has 8 heteroatoms. The molecular weight excluding hydrogens is 351 g/mol. The van der Waals surface area contributed by atoms with Crippen LogP contribution in [0.25, 0.3) is 11.0 Å². The Morgan fingerprint density at radius 1 is 1.15 bits per heavy atom. The number of benzene rings is 1. The van der Waals surface area contributed by atoms with E-state index < -0.39 is 28.5 Å². The van der Waals surface area contributed by atoms with Crippen molar-refractivity contribution in [1.82, 2.24) is 4.98 Å². The van der Waals surface area contributed by atoms with Gasteiger partial charge in [0.1, 0.15) is 0 Å². The molecule has 26 heavy (non-hydrogen) atoms. The van der Waals surface area contributed by atoms with Crippen molar-refractivity contribution < 1.29 is 27.4 Å². The van der Waals surface area contributed by atoms with E-state index in [-0.39, 0.29) is 22.4 Å². The average Bonchev–Trinajstić information content (AvgIpc) is 2.90. The smallest absolute Gasteiger partial charge is 0.426 e. The van der Waals surface area contributed by atoms with Crippen molar-refractivity contribution >= 4 is 11.0 Å². The van der Waals surface area contributed by atoms with Crippen LogP contribution in [0.15, 0.2) is 39.5 Å². The van der Waals surface area contributed by atoms with Crippen molar-refractivity contribution in [2.24, 2.45) is 0 Å². The number of rotatable bonds is 3. The van der Waals surface area contributed by atoms with Gasteiger partial charge in [-0.15, -0.1) is 0 Å². The number of hydrogen-bond donors (Lipinski definition) is 2. The van der Waals surface area contributed by atoms with E-state index in [1.807, 2.05) is 0 Å². The number of halogens is 3. The quantitative estimate of drug-likeness (QED) is 0.695. The van der Waals surface area contributed by atoms with Crippen molar-refractivity contribution in [2.45, 2.75) is 25.6 Å². The van der Waals surface area contributed by atoms with Gasteiger partial charge in [0, 0.05) is 22.3 Å². The number of ether oxygens (including phenoxy) is 1. The molecule has 1 aromatic carbocycles. The minimum atomic E-state index is -5.15. The topological polar surface area (TPSA) is 75.5 Å². The highest BCUT2D eigenvalue weighted by Crippen LogP contribution is 2.45. The van der Waals surface area contributed by atoms with Gasteiger partial charge in [-0.05, 0) is 32.0 Å². The Kier molecular flexibility index (Phi) is 4.11. The average molecular weight is 367 g/mol. The van der Waals surface area contributed by atoms with Crippen molar-refractivity contribution in [2.75, 3.05) is 7.11 Å². The van der Waals surface area contributed by atoms with Gasteiger partial charge in [0.15, 0.2) is 11.3 Å². The highest BCUT2D eigenvalue weighted by Gasteiger charge is 2.59. The fourth-order valence-electron chi connectivity index (χ4n) is 3.08. The number of aliphatic hydroxyl groups is 1.